The van der Waals surface area contributed by atoms with E-state index in [1.165, 1.54) is 19.3 Å². The third-order valence-corrected chi connectivity index (χ3v) is 5.60. The number of carbonyl (C=O) groups excluding carboxylic acids is 2. The number of carbonyl (C=O) groups is 2. The first-order chi connectivity index (χ1) is 12.5. The second-order valence-electron chi connectivity index (χ2n) is 8.16. The third kappa shape index (κ3) is 5.35. The molecule has 0 aromatic carbocycles. The van der Waals surface area contributed by atoms with E-state index in [2.05, 4.69) is 15.6 Å². The topological polar surface area (TPSA) is 77.0 Å². The Morgan fingerprint density at radius 3 is 2.58 bits per heavy atom. The molecule has 0 spiro atoms. The molecule has 2 aliphatic carbocycles. The standard InChI is InChI=1S/C19H33N5O2/c1-23(2)18(26)12-21-19(22-15-6-4-3-5-7-15)20-11-14-10-17(25)24(13-14)16-8-9-16/h14-16H,3-13H2,1-2H3,(H2,20,21,22). The number of hydrogen-bond acceptors (Lipinski definition) is 3. The van der Waals surface area contributed by atoms with Crippen molar-refractivity contribution in [2.75, 3.05) is 33.7 Å². The van der Waals surface area contributed by atoms with E-state index in [1.54, 1.807) is 19.0 Å². The fraction of sp³-hybridized carbons (Fsp3) is 0.842. The van der Waals surface area contributed by atoms with Crippen molar-refractivity contribution < 1.29 is 9.59 Å². The molecule has 3 aliphatic rings. The number of likely N-dealkylation sites (N-methyl/N-ethyl adjacent to an activating group) is 1. The summed E-state index contributed by atoms with van der Waals surface area (Å²) < 4.78 is 0. The van der Waals surface area contributed by atoms with Crippen molar-refractivity contribution in [3.05, 3.63) is 0 Å². The van der Waals surface area contributed by atoms with Crippen LogP contribution >= 0.6 is 0 Å². The first-order valence-corrected chi connectivity index (χ1v) is 10.1. The Hall–Kier alpha value is -1.79. The van der Waals surface area contributed by atoms with Gasteiger partial charge in [-0.1, -0.05) is 19.3 Å². The van der Waals surface area contributed by atoms with Crippen LogP contribution in [-0.4, -0.2) is 73.4 Å². The Bertz CT molecular complexity index is 538. The molecule has 0 aromatic rings. The zero-order valence-corrected chi connectivity index (χ0v) is 16.2. The number of nitrogens with zero attached hydrogens (tertiary/aromatic N) is 3. The van der Waals surface area contributed by atoms with Crippen LogP contribution in [0.15, 0.2) is 4.99 Å². The average molecular weight is 364 g/mol. The maximum atomic E-state index is 12.1. The number of guanidine groups is 1. The summed E-state index contributed by atoms with van der Waals surface area (Å²) in [6.07, 6.45) is 9.04. The van der Waals surface area contributed by atoms with Gasteiger partial charge in [0, 0.05) is 51.6 Å². The normalized spacial score (nSPS) is 24.7. The maximum absolute atomic E-state index is 12.1. The lowest BCUT2D eigenvalue weighted by molar-refractivity contribution is -0.128. The number of aliphatic imine (C=N–C) groups is 1. The van der Waals surface area contributed by atoms with Gasteiger partial charge in [-0.2, -0.15) is 0 Å². The summed E-state index contributed by atoms with van der Waals surface area (Å²) in [6, 6.07) is 0.927. The Kier molecular flexibility index (Phi) is 6.38. The summed E-state index contributed by atoms with van der Waals surface area (Å²) >= 11 is 0. The van der Waals surface area contributed by atoms with E-state index in [0.717, 1.165) is 38.8 Å². The molecule has 1 heterocycles. The smallest absolute Gasteiger partial charge is 0.243 e. The molecule has 1 atom stereocenters. The fourth-order valence-corrected chi connectivity index (χ4v) is 3.81. The van der Waals surface area contributed by atoms with E-state index in [1.807, 2.05) is 4.90 Å². The van der Waals surface area contributed by atoms with Crippen LogP contribution in [-0.2, 0) is 9.59 Å². The van der Waals surface area contributed by atoms with E-state index in [0.29, 0.717) is 36.3 Å². The van der Waals surface area contributed by atoms with Crippen molar-refractivity contribution in [2.24, 2.45) is 10.9 Å². The first kappa shape index (κ1) is 19.0. The first-order valence-electron chi connectivity index (χ1n) is 10.1. The van der Waals surface area contributed by atoms with Crippen molar-refractivity contribution in [3.8, 4) is 0 Å². The summed E-state index contributed by atoms with van der Waals surface area (Å²) in [4.78, 5) is 32.1. The van der Waals surface area contributed by atoms with Gasteiger partial charge in [0.1, 0.15) is 6.54 Å². The predicted octanol–water partition coefficient (Wildman–Crippen LogP) is 0.953. The molecule has 26 heavy (non-hydrogen) atoms. The highest BCUT2D eigenvalue weighted by molar-refractivity contribution is 5.85. The van der Waals surface area contributed by atoms with Crippen molar-refractivity contribution in [2.45, 2.75) is 63.5 Å². The minimum Gasteiger partial charge on any atom is -0.356 e. The SMILES string of the molecule is CN(C)C(=O)CN=C(NCC1CC(=O)N(C2CC2)C1)NC1CCCCC1. The van der Waals surface area contributed by atoms with Gasteiger partial charge in [-0.15, -0.1) is 0 Å². The van der Waals surface area contributed by atoms with Gasteiger partial charge in [0.15, 0.2) is 5.96 Å². The Morgan fingerprint density at radius 1 is 1.19 bits per heavy atom. The number of likely N-dealkylation sites (tertiary alicyclic amines) is 1. The fourth-order valence-electron chi connectivity index (χ4n) is 3.81. The van der Waals surface area contributed by atoms with Gasteiger partial charge >= 0.3 is 0 Å². The molecule has 3 rings (SSSR count). The molecular formula is C19H33N5O2. The maximum Gasteiger partial charge on any atom is 0.243 e. The molecule has 7 nitrogen and oxygen atoms in total. The monoisotopic (exact) mass is 363 g/mol. The highest BCUT2D eigenvalue weighted by Crippen LogP contribution is 2.32. The number of hydrogen-bond donors (Lipinski definition) is 2. The summed E-state index contributed by atoms with van der Waals surface area (Å²) in [5.74, 6) is 1.32. The Labute approximate surface area is 156 Å². The molecule has 2 amide bonds. The minimum absolute atomic E-state index is 0.00861. The largest absolute Gasteiger partial charge is 0.356 e. The van der Waals surface area contributed by atoms with E-state index in [9.17, 15) is 9.59 Å². The van der Waals surface area contributed by atoms with Crippen molar-refractivity contribution in [1.29, 1.82) is 0 Å². The lowest BCUT2D eigenvalue weighted by atomic mass is 9.96. The molecule has 146 valence electrons. The Balaban J connectivity index is 1.53. The van der Waals surface area contributed by atoms with E-state index in [4.69, 9.17) is 0 Å². The molecule has 0 bridgehead atoms. The predicted molar refractivity (Wildman–Crippen MR) is 102 cm³/mol. The van der Waals surface area contributed by atoms with Gasteiger partial charge in [0.05, 0.1) is 0 Å². The highest BCUT2D eigenvalue weighted by Gasteiger charge is 2.39. The van der Waals surface area contributed by atoms with Crippen LogP contribution in [0.1, 0.15) is 51.4 Å². The molecule has 0 aromatic heterocycles. The van der Waals surface area contributed by atoms with E-state index in [-0.39, 0.29) is 12.5 Å². The highest BCUT2D eigenvalue weighted by atomic mass is 16.2. The molecule has 3 fully saturated rings. The molecule has 1 unspecified atom stereocenters. The van der Waals surface area contributed by atoms with Gasteiger partial charge in [-0.25, -0.2) is 4.99 Å². The molecule has 1 saturated heterocycles. The molecule has 7 heteroatoms. The van der Waals surface area contributed by atoms with E-state index >= 15 is 0 Å². The molecule has 0 radical (unpaired) electrons. The van der Waals surface area contributed by atoms with Crippen LogP contribution in [0.5, 0.6) is 0 Å². The summed E-state index contributed by atoms with van der Waals surface area (Å²) in [5.41, 5.74) is 0. The van der Waals surface area contributed by atoms with Gasteiger partial charge in [0.2, 0.25) is 11.8 Å². The van der Waals surface area contributed by atoms with E-state index < -0.39 is 0 Å². The lowest BCUT2D eigenvalue weighted by Gasteiger charge is -2.25. The van der Waals surface area contributed by atoms with Crippen LogP contribution in [0.25, 0.3) is 0 Å². The lowest BCUT2D eigenvalue weighted by Crippen LogP contribution is -2.46. The average Bonchev–Trinajstić information content (AvgIpc) is 3.40. The third-order valence-electron chi connectivity index (χ3n) is 5.60. The molecule has 1 aliphatic heterocycles. The van der Waals surface area contributed by atoms with Crippen LogP contribution in [0.2, 0.25) is 0 Å². The van der Waals surface area contributed by atoms with Crippen molar-refractivity contribution in [1.82, 2.24) is 20.4 Å². The zero-order chi connectivity index (χ0) is 18.5. The van der Waals surface area contributed by atoms with Crippen LogP contribution in [0, 0.1) is 5.92 Å². The number of rotatable bonds is 6. The number of nitrogens with one attached hydrogen (secondary N) is 2. The van der Waals surface area contributed by atoms with Crippen LogP contribution < -0.4 is 10.6 Å². The van der Waals surface area contributed by atoms with Gasteiger partial charge < -0.3 is 20.4 Å². The van der Waals surface area contributed by atoms with Gasteiger partial charge in [-0.3, -0.25) is 9.59 Å². The van der Waals surface area contributed by atoms with Crippen LogP contribution in [0.3, 0.4) is 0 Å². The summed E-state index contributed by atoms with van der Waals surface area (Å²) in [6.45, 7) is 1.72. The molecule has 2 N–H and O–H groups in total. The minimum atomic E-state index is -0.00861. The summed E-state index contributed by atoms with van der Waals surface area (Å²) in [5, 5.41) is 6.89. The number of amides is 2. The van der Waals surface area contributed by atoms with Crippen LogP contribution in [0.4, 0.5) is 0 Å². The van der Waals surface area contributed by atoms with Crippen molar-refractivity contribution >= 4 is 17.8 Å². The molecule has 2 saturated carbocycles. The zero-order valence-electron chi connectivity index (χ0n) is 16.2. The van der Waals surface area contributed by atoms with Crippen molar-refractivity contribution in [3.63, 3.8) is 0 Å². The van der Waals surface area contributed by atoms with Gasteiger partial charge in [-0.05, 0) is 25.7 Å². The molecular weight excluding hydrogens is 330 g/mol. The second kappa shape index (κ2) is 8.73. The van der Waals surface area contributed by atoms with Gasteiger partial charge in [0.25, 0.3) is 0 Å². The quantitative estimate of drug-likeness (QED) is 0.544. The summed E-state index contributed by atoms with van der Waals surface area (Å²) in [7, 11) is 3.49. The second-order valence-corrected chi connectivity index (χ2v) is 8.16. The Morgan fingerprint density at radius 2 is 1.92 bits per heavy atom.